The number of nitrogens with two attached hydrogens (primary N) is 1. The van der Waals surface area contributed by atoms with Gasteiger partial charge in [0, 0.05) is 24.8 Å². The van der Waals surface area contributed by atoms with Crippen LogP contribution in [0.15, 0.2) is 24.4 Å². The Morgan fingerprint density at radius 2 is 1.86 bits per heavy atom. The first-order valence-corrected chi connectivity index (χ1v) is 8.32. The monoisotopic (exact) mass is 305 g/mol. The van der Waals surface area contributed by atoms with Crippen molar-refractivity contribution >= 4 is 5.91 Å². The molecule has 1 aromatic rings. The van der Waals surface area contributed by atoms with Crippen molar-refractivity contribution in [2.24, 2.45) is 5.73 Å². The first kappa shape index (κ1) is 18.6. The average molecular weight is 305 g/mol. The predicted molar refractivity (Wildman–Crippen MR) is 91.6 cm³/mol. The molecule has 0 fully saturated rings. The zero-order valence-corrected chi connectivity index (χ0v) is 14.7. The Hall–Kier alpha value is -1.42. The zero-order chi connectivity index (χ0) is 16.8. The van der Waals surface area contributed by atoms with Crippen LogP contribution in [0.2, 0.25) is 0 Å². The van der Waals surface area contributed by atoms with Crippen molar-refractivity contribution in [2.45, 2.75) is 71.4 Å². The maximum Gasteiger partial charge on any atom is 0.229 e. The van der Waals surface area contributed by atoms with Gasteiger partial charge < -0.3 is 5.73 Å². The van der Waals surface area contributed by atoms with Crippen molar-refractivity contribution in [3.8, 4) is 0 Å². The van der Waals surface area contributed by atoms with Gasteiger partial charge in [-0.25, -0.2) is 0 Å². The first-order valence-electron chi connectivity index (χ1n) is 8.32. The van der Waals surface area contributed by atoms with Crippen LogP contribution in [0.3, 0.4) is 0 Å². The minimum Gasteiger partial charge on any atom is -0.369 e. The molecule has 0 aliphatic carbocycles. The molecule has 1 aromatic heterocycles. The van der Waals surface area contributed by atoms with Crippen LogP contribution in [-0.4, -0.2) is 34.4 Å². The highest BCUT2D eigenvalue weighted by Crippen LogP contribution is 2.32. The molecule has 0 unspecified atom stereocenters. The molecule has 0 bridgehead atoms. The number of primary amides is 1. The van der Waals surface area contributed by atoms with E-state index in [1.54, 1.807) is 6.20 Å². The largest absolute Gasteiger partial charge is 0.369 e. The highest BCUT2D eigenvalue weighted by atomic mass is 16.1. The summed E-state index contributed by atoms with van der Waals surface area (Å²) < 4.78 is 0. The minimum absolute atomic E-state index is 0.263. The van der Waals surface area contributed by atoms with Crippen LogP contribution in [0.25, 0.3) is 0 Å². The molecule has 0 saturated heterocycles. The van der Waals surface area contributed by atoms with Gasteiger partial charge in [0.25, 0.3) is 0 Å². The number of aromatic nitrogens is 1. The normalized spacial score (nSPS) is 14.5. The second-order valence-electron chi connectivity index (χ2n) is 6.59. The van der Waals surface area contributed by atoms with Crippen LogP contribution >= 0.6 is 0 Å². The molecule has 0 aromatic carbocycles. The zero-order valence-electron chi connectivity index (χ0n) is 14.7. The van der Waals surface area contributed by atoms with Gasteiger partial charge in [0.15, 0.2) is 0 Å². The molecule has 0 aliphatic rings. The van der Waals surface area contributed by atoms with Gasteiger partial charge in [-0.3, -0.25) is 14.7 Å². The van der Waals surface area contributed by atoms with Crippen molar-refractivity contribution in [1.82, 2.24) is 9.88 Å². The lowest BCUT2D eigenvalue weighted by Gasteiger charge is -2.36. The third-order valence-electron chi connectivity index (χ3n) is 4.43. The van der Waals surface area contributed by atoms with E-state index in [2.05, 4.69) is 44.5 Å². The summed E-state index contributed by atoms with van der Waals surface area (Å²) in [4.78, 5) is 19.2. The van der Waals surface area contributed by atoms with Crippen LogP contribution in [-0.2, 0) is 10.2 Å². The average Bonchev–Trinajstić information content (AvgIpc) is 2.46. The molecular weight excluding hydrogens is 274 g/mol. The molecule has 1 atom stereocenters. The molecule has 124 valence electrons. The fourth-order valence-corrected chi connectivity index (χ4v) is 3.26. The molecular formula is C18H31N3O. The Morgan fingerprint density at radius 3 is 2.27 bits per heavy atom. The number of hydrogen-bond donors (Lipinski definition) is 1. The molecule has 1 rings (SSSR count). The number of carbonyl (C=O) groups excluding carboxylic acids is 1. The number of carbonyl (C=O) groups is 1. The van der Waals surface area contributed by atoms with E-state index in [9.17, 15) is 4.79 Å². The lowest BCUT2D eigenvalue weighted by Crippen LogP contribution is -2.46. The van der Waals surface area contributed by atoms with Gasteiger partial charge in [0.1, 0.15) is 0 Å². The third kappa shape index (κ3) is 4.29. The minimum atomic E-state index is -0.669. The lowest BCUT2D eigenvalue weighted by atomic mass is 9.76. The molecule has 22 heavy (non-hydrogen) atoms. The molecule has 0 spiro atoms. The van der Waals surface area contributed by atoms with Gasteiger partial charge in [-0.2, -0.15) is 0 Å². The van der Waals surface area contributed by atoms with E-state index >= 15 is 0 Å². The van der Waals surface area contributed by atoms with Crippen LogP contribution in [0.4, 0.5) is 0 Å². The smallest absolute Gasteiger partial charge is 0.229 e. The van der Waals surface area contributed by atoms with E-state index < -0.39 is 5.41 Å². The lowest BCUT2D eigenvalue weighted by molar-refractivity contribution is -0.124. The number of nitrogens with zero attached hydrogens (tertiary/aromatic N) is 2. The number of amides is 1. The molecule has 0 radical (unpaired) electrons. The second kappa shape index (κ2) is 8.28. The summed E-state index contributed by atoms with van der Waals surface area (Å²) in [7, 11) is 0. The summed E-state index contributed by atoms with van der Waals surface area (Å²) in [6.45, 7) is 11.7. The van der Waals surface area contributed by atoms with Gasteiger partial charge in [0.2, 0.25) is 5.91 Å². The van der Waals surface area contributed by atoms with E-state index in [1.807, 2.05) is 18.2 Å². The van der Waals surface area contributed by atoms with E-state index in [0.717, 1.165) is 25.1 Å². The maximum absolute atomic E-state index is 12.3. The Kier molecular flexibility index (Phi) is 7.01. The summed E-state index contributed by atoms with van der Waals surface area (Å²) in [5, 5.41) is 0. The molecule has 4 heteroatoms. The van der Waals surface area contributed by atoms with E-state index in [1.165, 1.54) is 0 Å². The van der Waals surface area contributed by atoms with Crippen molar-refractivity contribution in [3.05, 3.63) is 30.1 Å². The van der Waals surface area contributed by atoms with E-state index in [0.29, 0.717) is 18.5 Å². The predicted octanol–water partition coefficient (Wildman–Crippen LogP) is 3.11. The van der Waals surface area contributed by atoms with Crippen LogP contribution in [0.5, 0.6) is 0 Å². The molecule has 1 heterocycles. The third-order valence-corrected chi connectivity index (χ3v) is 4.43. The highest BCUT2D eigenvalue weighted by Gasteiger charge is 2.39. The molecule has 4 nitrogen and oxygen atoms in total. The second-order valence-corrected chi connectivity index (χ2v) is 6.59. The summed E-state index contributed by atoms with van der Waals surface area (Å²) >= 11 is 0. The summed E-state index contributed by atoms with van der Waals surface area (Å²) in [6.07, 6.45) is 4.10. The molecule has 0 saturated carbocycles. The standard InChI is InChI=1S/C18H31N3O/c1-6-10-18(17(19)22,16-9-7-8-12-20-16)11-13-21(14(2)3)15(4)5/h7-9,12,14-15H,6,10-11,13H2,1-5H3,(H2,19,22)/t18-/m0/s1. The number of rotatable bonds is 9. The SMILES string of the molecule is CCC[C@@](CCN(C(C)C)C(C)C)(C(N)=O)c1ccccn1. The first-order chi connectivity index (χ1) is 10.3. The molecule has 1 amide bonds. The van der Waals surface area contributed by atoms with Crippen molar-refractivity contribution < 1.29 is 4.79 Å². The maximum atomic E-state index is 12.3. The summed E-state index contributed by atoms with van der Waals surface area (Å²) in [5.41, 5.74) is 5.96. The van der Waals surface area contributed by atoms with Crippen molar-refractivity contribution in [2.75, 3.05) is 6.54 Å². The van der Waals surface area contributed by atoms with Crippen LogP contribution < -0.4 is 5.73 Å². The Labute approximate surface area is 135 Å². The number of hydrogen-bond acceptors (Lipinski definition) is 3. The summed E-state index contributed by atoms with van der Waals surface area (Å²) in [5.74, 6) is -0.263. The fourth-order valence-electron chi connectivity index (χ4n) is 3.26. The highest BCUT2D eigenvalue weighted by molar-refractivity contribution is 5.86. The van der Waals surface area contributed by atoms with Gasteiger partial charge in [-0.15, -0.1) is 0 Å². The molecule has 2 N–H and O–H groups in total. The van der Waals surface area contributed by atoms with Crippen molar-refractivity contribution in [3.63, 3.8) is 0 Å². The number of pyridine rings is 1. The topological polar surface area (TPSA) is 59.2 Å². The van der Waals surface area contributed by atoms with E-state index in [4.69, 9.17) is 5.73 Å². The van der Waals surface area contributed by atoms with Gasteiger partial charge in [0.05, 0.1) is 11.1 Å². The van der Waals surface area contributed by atoms with Crippen molar-refractivity contribution in [1.29, 1.82) is 0 Å². The Balaban J connectivity index is 3.08. The van der Waals surface area contributed by atoms with Gasteiger partial charge in [-0.1, -0.05) is 19.4 Å². The van der Waals surface area contributed by atoms with Crippen LogP contribution in [0, 0.1) is 0 Å². The summed E-state index contributed by atoms with van der Waals surface area (Å²) in [6, 6.07) is 6.61. The fraction of sp³-hybridized carbons (Fsp3) is 0.667. The Bertz CT molecular complexity index is 451. The van der Waals surface area contributed by atoms with Gasteiger partial charge >= 0.3 is 0 Å². The quantitative estimate of drug-likeness (QED) is 0.762. The van der Waals surface area contributed by atoms with Gasteiger partial charge in [-0.05, 0) is 52.7 Å². The Morgan fingerprint density at radius 1 is 1.23 bits per heavy atom. The van der Waals surface area contributed by atoms with Crippen LogP contribution in [0.1, 0.15) is 59.6 Å². The van der Waals surface area contributed by atoms with E-state index in [-0.39, 0.29) is 5.91 Å². The molecule has 0 aliphatic heterocycles.